The SMILES string of the molecule is CCN(CC)CCCNC(=O)c1ccnn1CC. The topological polar surface area (TPSA) is 50.2 Å². The van der Waals surface area contributed by atoms with Crippen molar-refractivity contribution in [1.29, 1.82) is 0 Å². The lowest BCUT2D eigenvalue weighted by atomic mass is 10.3. The molecule has 1 heterocycles. The summed E-state index contributed by atoms with van der Waals surface area (Å²) in [6, 6.07) is 1.75. The van der Waals surface area contributed by atoms with E-state index in [1.54, 1.807) is 16.9 Å². The van der Waals surface area contributed by atoms with Crippen molar-refractivity contribution in [1.82, 2.24) is 20.0 Å². The summed E-state index contributed by atoms with van der Waals surface area (Å²) in [5.41, 5.74) is 0.639. The normalized spacial score (nSPS) is 10.9. The van der Waals surface area contributed by atoms with Crippen molar-refractivity contribution in [3.63, 3.8) is 0 Å². The van der Waals surface area contributed by atoms with Gasteiger partial charge in [0.25, 0.3) is 5.91 Å². The van der Waals surface area contributed by atoms with Crippen molar-refractivity contribution < 1.29 is 4.79 Å². The van der Waals surface area contributed by atoms with Crippen molar-refractivity contribution >= 4 is 5.91 Å². The Kier molecular flexibility index (Phi) is 6.43. The fourth-order valence-corrected chi connectivity index (χ4v) is 1.91. The number of carbonyl (C=O) groups is 1. The number of nitrogens with one attached hydrogen (secondary N) is 1. The molecular formula is C13H24N4O. The van der Waals surface area contributed by atoms with E-state index in [1.165, 1.54) is 0 Å². The van der Waals surface area contributed by atoms with Crippen LogP contribution in [0, 0.1) is 0 Å². The molecule has 0 aromatic carbocycles. The summed E-state index contributed by atoms with van der Waals surface area (Å²) in [7, 11) is 0. The maximum atomic E-state index is 11.9. The molecule has 1 rings (SSSR count). The zero-order valence-electron chi connectivity index (χ0n) is 11.6. The van der Waals surface area contributed by atoms with E-state index in [-0.39, 0.29) is 5.91 Å². The van der Waals surface area contributed by atoms with E-state index in [0.717, 1.165) is 32.6 Å². The first-order chi connectivity index (χ1) is 8.72. The van der Waals surface area contributed by atoms with E-state index in [0.29, 0.717) is 12.2 Å². The van der Waals surface area contributed by atoms with Crippen molar-refractivity contribution in [2.45, 2.75) is 33.7 Å². The van der Waals surface area contributed by atoms with Crippen molar-refractivity contribution in [3.05, 3.63) is 18.0 Å². The Balaban J connectivity index is 2.29. The van der Waals surface area contributed by atoms with Crippen LogP contribution < -0.4 is 5.32 Å². The minimum atomic E-state index is -0.0334. The Hall–Kier alpha value is -1.36. The van der Waals surface area contributed by atoms with E-state index in [1.807, 2.05) is 6.92 Å². The van der Waals surface area contributed by atoms with Crippen LogP contribution in [-0.2, 0) is 6.54 Å². The summed E-state index contributed by atoms with van der Waals surface area (Å²) in [5, 5.41) is 7.02. The number of rotatable bonds is 8. The fraction of sp³-hybridized carbons (Fsp3) is 0.692. The Morgan fingerprint density at radius 3 is 2.72 bits per heavy atom. The fourth-order valence-electron chi connectivity index (χ4n) is 1.91. The van der Waals surface area contributed by atoms with Crippen molar-refractivity contribution in [2.24, 2.45) is 0 Å². The van der Waals surface area contributed by atoms with Crippen LogP contribution >= 0.6 is 0 Å². The Labute approximate surface area is 109 Å². The van der Waals surface area contributed by atoms with Crippen LogP contribution in [-0.4, -0.2) is 46.8 Å². The molecular weight excluding hydrogens is 228 g/mol. The molecule has 5 heteroatoms. The molecule has 0 bridgehead atoms. The van der Waals surface area contributed by atoms with Crippen LogP contribution in [0.3, 0.4) is 0 Å². The van der Waals surface area contributed by atoms with Crippen molar-refractivity contribution in [3.8, 4) is 0 Å². The highest BCUT2D eigenvalue weighted by Crippen LogP contribution is 1.98. The predicted octanol–water partition coefficient (Wildman–Crippen LogP) is 1.36. The standard InChI is InChI=1S/C13H24N4O/c1-4-16(5-2)11-7-9-14-13(18)12-8-10-15-17(12)6-3/h8,10H,4-7,9,11H2,1-3H3,(H,14,18). The zero-order valence-corrected chi connectivity index (χ0v) is 11.6. The van der Waals surface area contributed by atoms with Gasteiger partial charge in [-0.3, -0.25) is 9.48 Å². The minimum Gasteiger partial charge on any atom is -0.351 e. The van der Waals surface area contributed by atoms with Crippen LogP contribution in [0.2, 0.25) is 0 Å². The molecule has 0 radical (unpaired) electrons. The highest BCUT2D eigenvalue weighted by molar-refractivity contribution is 5.92. The molecule has 0 aliphatic rings. The van der Waals surface area contributed by atoms with Crippen LogP contribution in [0.25, 0.3) is 0 Å². The van der Waals surface area contributed by atoms with Gasteiger partial charge in [0, 0.05) is 19.3 Å². The number of hydrogen-bond donors (Lipinski definition) is 1. The van der Waals surface area contributed by atoms with Gasteiger partial charge in [-0.1, -0.05) is 13.8 Å². The summed E-state index contributed by atoms with van der Waals surface area (Å²) in [6.07, 6.45) is 2.64. The number of aromatic nitrogens is 2. The molecule has 0 aliphatic heterocycles. The van der Waals surface area contributed by atoms with Crippen LogP contribution in [0.1, 0.15) is 37.7 Å². The lowest BCUT2D eigenvalue weighted by molar-refractivity contribution is 0.0941. The van der Waals surface area contributed by atoms with Gasteiger partial charge in [0.15, 0.2) is 0 Å². The van der Waals surface area contributed by atoms with Crippen molar-refractivity contribution in [2.75, 3.05) is 26.2 Å². The molecule has 1 N–H and O–H groups in total. The first-order valence-electron chi connectivity index (χ1n) is 6.75. The number of aryl methyl sites for hydroxylation is 1. The molecule has 1 aromatic heterocycles. The average molecular weight is 252 g/mol. The average Bonchev–Trinajstić information content (AvgIpc) is 2.87. The third-order valence-electron chi connectivity index (χ3n) is 3.08. The van der Waals surface area contributed by atoms with Crippen LogP contribution in [0.15, 0.2) is 12.3 Å². The van der Waals surface area contributed by atoms with Gasteiger partial charge in [0.2, 0.25) is 0 Å². The molecule has 0 unspecified atom stereocenters. The lowest BCUT2D eigenvalue weighted by Crippen LogP contribution is -2.31. The predicted molar refractivity (Wildman–Crippen MR) is 72.6 cm³/mol. The van der Waals surface area contributed by atoms with Crippen LogP contribution in [0.4, 0.5) is 0 Å². The molecule has 1 aromatic rings. The molecule has 0 fully saturated rings. The smallest absolute Gasteiger partial charge is 0.269 e. The van der Waals surface area contributed by atoms with Gasteiger partial charge in [-0.2, -0.15) is 5.10 Å². The summed E-state index contributed by atoms with van der Waals surface area (Å²) in [4.78, 5) is 14.2. The quantitative estimate of drug-likeness (QED) is 0.711. The number of amides is 1. The van der Waals surface area contributed by atoms with E-state index in [4.69, 9.17) is 0 Å². The van der Waals surface area contributed by atoms with Gasteiger partial charge >= 0.3 is 0 Å². The third kappa shape index (κ3) is 4.14. The van der Waals surface area contributed by atoms with E-state index in [9.17, 15) is 4.79 Å². The maximum absolute atomic E-state index is 11.9. The molecule has 0 spiro atoms. The third-order valence-corrected chi connectivity index (χ3v) is 3.08. The van der Waals surface area contributed by atoms with Gasteiger partial charge in [0.05, 0.1) is 0 Å². The molecule has 0 atom stereocenters. The molecule has 0 aliphatic carbocycles. The first kappa shape index (κ1) is 14.7. The first-order valence-corrected chi connectivity index (χ1v) is 6.75. The van der Waals surface area contributed by atoms with Gasteiger partial charge in [0.1, 0.15) is 5.69 Å². The Morgan fingerprint density at radius 1 is 1.39 bits per heavy atom. The van der Waals surface area contributed by atoms with Gasteiger partial charge in [-0.05, 0) is 39.0 Å². The maximum Gasteiger partial charge on any atom is 0.269 e. The molecule has 5 nitrogen and oxygen atoms in total. The number of carbonyl (C=O) groups excluding carboxylic acids is 1. The second-order valence-corrected chi connectivity index (χ2v) is 4.17. The lowest BCUT2D eigenvalue weighted by Gasteiger charge is -2.17. The molecule has 102 valence electrons. The second kappa shape index (κ2) is 7.87. The zero-order chi connectivity index (χ0) is 13.4. The minimum absolute atomic E-state index is 0.0334. The van der Waals surface area contributed by atoms with E-state index in [2.05, 4.69) is 29.2 Å². The second-order valence-electron chi connectivity index (χ2n) is 4.17. The summed E-state index contributed by atoms with van der Waals surface area (Å²) < 4.78 is 1.71. The Morgan fingerprint density at radius 2 is 2.11 bits per heavy atom. The molecule has 0 saturated carbocycles. The summed E-state index contributed by atoms with van der Waals surface area (Å²) >= 11 is 0. The number of hydrogen-bond acceptors (Lipinski definition) is 3. The molecule has 0 saturated heterocycles. The van der Waals surface area contributed by atoms with Gasteiger partial charge < -0.3 is 10.2 Å². The highest BCUT2D eigenvalue weighted by Gasteiger charge is 2.10. The van der Waals surface area contributed by atoms with Gasteiger partial charge in [-0.25, -0.2) is 0 Å². The van der Waals surface area contributed by atoms with E-state index < -0.39 is 0 Å². The largest absolute Gasteiger partial charge is 0.351 e. The monoisotopic (exact) mass is 252 g/mol. The highest BCUT2D eigenvalue weighted by atomic mass is 16.2. The Bertz CT molecular complexity index is 358. The summed E-state index contributed by atoms with van der Waals surface area (Å²) in [6.45, 7) is 10.9. The van der Waals surface area contributed by atoms with Crippen LogP contribution in [0.5, 0.6) is 0 Å². The number of nitrogens with zero attached hydrogens (tertiary/aromatic N) is 3. The van der Waals surface area contributed by atoms with E-state index >= 15 is 0 Å². The summed E-state index contributed by atoms with van der Waals surface area (Å²) in [5.74, 6) is -0.0334. The van der Waals surface area contributed by atoms with Gasteiger partial charge in [-0.15, -0.1) is 0 Å². The molecule has 1 amide bonds. The molecule has 18 heavy (non-hydrogen) atoms.